The van der Waals surface area contributed by atoms with Gasteiger partial charge in [0.25, 0.3) is 0 Å². The first kappa shape index (κ1) is 12.8. The van der Waals surface area contributed by atoms with E-state index in [2.05, 4.69) is 0 Å². The molecular formula is C16H16O4. The second kappa shape index (κ2) is 4.13. The minimum atomic E-state index is -0.362. The highest BCUT2D eigenvalue weighted by atomic mass is 16.5. The Morgan fingerprint density at radius 2 is 2.10 bits per heavy atom. The third kappa shape index (κ3) is 1.72. The maximum absolute atomic E-state index is 11.8. The number of phenols is 1. The molecule has 104 valence electrons. The predicted molar refractivity (Wildman–Crippen MR) is 75.4 cm³/mol. The van der Waals surface area contributed by atoms with Crippen molar-refractivity contribution in [3.05, 3.63) is 29.8 Å². The number of methoxy groups -OCH3 is 1. The molecule has 0 spiro atoms. The van der Waals surface area contributed by atoms with Crippen LogP contribution in [0.15, 0.2) is 24.3 Å². The SMILES string of the molecule is COc1cccc2c3c(cc(O)c12)C(C)(C)CC(=O)O3. The maximum Gasteiger partial charge on any atom is 0.312 e. The molecule has 0 amide bonds. The van der Waals surface area contributed by atoms with Gasteiger partial charge in [0.1, 0.15) is 17.2 Å². The van der Waals surface area contributed by atoms with Crippen LogP contribution in [0, 0.1) is 0 Å². The highest BCUT2D eigenvalue weighted by molar-refractivity contribution is 6.01. The molecule has 1 aliphatic heterocycles. The largest absolute Gasteiger partial charge is 0.507 e. The van der Waals surface area contributed by atoms with Crippen molar-refractivity contribution in [1.29, 1.82) is 0 Å². The summed E-state index contributed by atoms with van der Waals surface area (Å²) in [5.74, 6) is 0.972. The van der Waals surface area contributed by atoms with E-state index in [0.29, 0.717) is 28.7 Å². The molecule has 0 aliphatic carbocycles. The van der Waals surface area contributed by atoms with Crippen LogP contribution in [0.25, 0.3) is 10.8 Å². The van der Waals surface area contributed by atoms with Gasteiger partial charge >= 0.3 is 5.97 Å². The third-order valence-electron chi connectivity index (χ3n) is 3.80. The Hall–Kier alpha value is -2.23. The van der Waals surface area contributed by atoms with Gasteiger partial charge in [0, 0.05) is 16.4 Å². The van der Waals surface area contributed by atoms with Crippen LogP contribution in [-0.4, -0.2) is 18.2 Å². The zero-order chi connectivity index (χ0) is 14.5. The molecule has 3 rings (SSSR count). The molecule has 4 heteroatoms. The highest BCUT2D eigenvalue weighted by Gasteiger charge is 2.36. The van der Waals surface area contributed by atoms with Gasteiger partial charge in [-0.05, 0) is 12.1 Å². The maximum atomic E-state index is 11.8. The van der Waals surface area contributed by atoms with Gasteiger partial charge in [-0.25, -0.2) is 0 Å². The third-order valence-corrected chi connectivity index (χ3v) is 3.80. The van der Waals surface area contributed by atoms with Gasteiger partial charge in [-0.3, -0.25) is 4.79 Å². The topological polar surface area (TPSA) is 55.8 Å². The van der Waals surface area contributed by atoms with Crippen molar-refractivity contribution < 1.29 is 19.4 Å². The highest BCUT2D eigenvalue weighted by Crippen LogP contribution is 2.48. The number of fused-ring (bicyclic) bond motifs is 3. The zero-order valence-corrected chi connectivity index (χ0v) is 11.7. The molecule has 4 nitrogen and oxygen atoms in total. The number of carbonyl (C=O) groups is 1. The average molecular weight is 272 g/mol. The lowest BCUT2D eigenvalue weighted by atomic mass is 9.78. The fraction of sp³-hybridized carbons (Fsp3) is 0.312. The lowest BCUT2D eigenvalue weighted by molar-refractivity contribution is -0.136. The van der Waals surface area contributed by atoms with Crippen LogP contribution in [0.1, 0.15) is 25.8 Å². The first-order chi connectivity index (χ1) is 9.44. The number of esters is 1. The fourth-order valence-electron chi connectivity index (χ4n) is 2.79. The van der Waals surface area contributed by atoms with E-state index in [9.17, 15) is 9.90 Å². The molecule has 2 aromatic carbocycles. The Morgan fingerprint density at radius 1 is 1.35 bits per heavy atom. The zero-order valence-electron chi connectivity index (χ0n) is 11.7. The standard InChI is InChI=1S/C16H16O4/c1-16(2)8-13(18)20-15-9-5-4-6-12(19-3)14(9)11(17)7-10(15)16/h4-7,17H,8H2,1-3H3. The van der Waals surface area contributed by atoms with Crippen molar-refractivity contribution in [2.75, 3.05) is 7.11 Å². The van der Waals surface area contributed by atoms with Crippen LogP contribution in [-0.2, 0) is 10.2 Å². The van der Waals surface area contributed by atoms with E-state index in [1.54, 1.807) is 19.2 Å². The van der Waals surface area contributed by atoms with Crippen molar-refractivity contribution in [2.24, 2.45) is 0 Å². The van der Waals surface area contributed by atoms with Gasteiger partial charge in [0.2, 0.25) is 0 Å². The Morgan fingerprint density at radius 3 is 2.80 bits per heavy atom. The number of phenolic OH excluding ortho intramolecular Hbond substituents is 1. The first-order valence-corrected chi connectivity index (χ1v) is 6.48. The summed E-state index contributed by atoms with van der Waals surface area (Å²) in [5.41, 5.74) is 0.481. The lowest BCUT2D eigenvalue weighted by Gasteiger charge is -2.32. The summed E-state index contributed by atoms with van der Waals surface area (Å²) >= 11 is 0. The Balaban J connectivity index is 2.42. The van der Waals surface area contributed by atoms with Crippen molar-refractivity contribution in [3.8, 4) is 17.2 Å². The van der Waals surface area contributed by atoms with Crippen LogP contribution in [0.5, 0.6) is 17.2 Å². The molecule has 1 heterocycles. The summed E-state index contributed by atoms with van der Waals surface area (Å²) in [6.07, 6.45) is 0.301. The molecule has 1 N–H and O–H groups in total. The molecule has 0 saturated heterocycles. The van der Waals surface area contributed by atoms with Gasteiger partial charge in [-0.1, -0.05) is 26.0 Å². The van der Waals surface area contributed by atoms with E-state index in [4.69, 9.17) is 9.47 Å². The van der Waals surface area contributed by atoms with Crippen LogP contribution < -0.4 is 9.47 Å². The minimum Gasteiger partial charge on any atom is -0.507 e. The van der Waals surface area contributed by atoms with Gasteiger partial charge in [-0.15, -0.1) is 0 Å². The number of carbonyl (C=O) groups excluding carboxylic acids is 1. The van der Waals surface area contributed by atoms with Crippen LogP contribution in [0.4, 0.5) is 0 Å². The molecule has 0 saturated carbocycles. The normalized spacial score (nSPS) is 16.6. The van der Waals surface area contributed by atoms with E-state index in [-0.39, 0.29) is 17.1 Å². The second-order valence-electron chi connectivity index (χ2n) is 5.69. The summed E-state index contributed by atoms with van der Waals surface area (Å²) in [6, 6.07) is 7.08. The average Bonchev–Trinajstić information content (AvgIpc) is 2.39. The van der Waals surface area contributed by atoms with Gasteiger partial charge in [0.15, 0.2) is 0 Å². The minimum absolute atomic E-state index is 0.141. The Labute approximate surface area is 116 Å². The number of rotatable bonds is 1. The first-order valence-electron chi connectivity index (χ1n) is 6.48. The van der Waals surface area contributed by atoms with E-state index in [1.807, 2.05) is 26.0 Å². The van der Waals surface area contributed by atoms with E-state index >= 15 is 0 Å². The molecule has 2 aromatic rings. The van der Waals surface area contributed by atoms with E-state index in [0.717, 1.165) is 5.56 Å². The van der Waals surface area contributed by atoms with Gasteiger partial charge in [0.05, 0.1) is 18.9 Å². The summed E-state index contributed by atoms with van der Waals surface area (Å²) in [7, 11) is 1.55. The Bertz CT molecular complexity index is 716. The molecule has 0 radical (unpaired) electrons. The summed E-state index contributed by atoms with van der Waals surface area (Å²) < 4.78 is 10.7. The summed E-state index contributed by atoms with van der Waals surface area (Å²) in [6.45, 7) is 3.94. The smallest absolute Gasteiger partial charge is 0.312 e. The van der Waals surface area contributed by atoms with E-state index < -0.39 is 0 Å². The molecule has 1 aliphatic rings. The van der Waals surface area contributed by atoms with Crippen LogP contribution in [0.3, 0.4) is 0 Å². The number of aromatic hydroxyl groups is 1. The summed E-state index contributed by atoms with van der Waals surface area (Å²) in [5, 5.41) is 11.6. The van der Waals surface area contributed by atoms with Crippen molar-refractivity contribution in [2.45, 2.75) is 25.7 Å². The number of ether oxygens (including phenoxy) is 2. The Kier molecular flexibility index (Phi) is 2.64. The van der Waals surface area contributed by atoms with Crippen molar-refractivity contribution in [1.82, 2.24) is 0 Å². The quantitative estimate of drug-likeness (QED) is 0.640. The molecular weight excluding hydrogens is 256 g/mol. The van der Waals surface area contributed by atoms with Gasteiger partial charge < -0.3 is 14.6 Å². The molecule has 0 atom stereocenters. The summed E-state index contributed by atoms with van der Waals surface area (Å²) in [4.78, 5) is 11.8. The van der Waals surface area contributed by atoms with Crippen molar-refractivity contribution >= 4 is 16.7 Å². The molecule has 0 bridgehead atoms. The second-order valence-corrected chi connectivity index (χ2v) is 5.69. The molecule has 0 fully saturated rings. The molecule has 0 unspecified atom stereocenters. The van der Waals surface area contributed by atoms with Crippen LogP contribution in [0.2, 0.25) is 0 Å². The fourth-order valence-corrected chi connectivity index (χ4v) is 2.79. The predicted octanol–water partition coefficient (Wildman–Crippen LogP) is 3.14. The monoisotopic (exact) mass is 272 g/mol. The van der Waals surface area contributed by atoms with Gasteiger partial charge in [-0.2, -0.15) is 0 Å². The number of benzene rings is 2. The molecule has 20 heavy (non-hydrogen) atoms. The van der Waals surface area contributed by atoms with Crippen LogP contribution >= 0.6 is 0 Å². The van der Waals surface area contributed by atoms with E-state index in [1.165, 1.54) is 0 Å². The molecule has 0 aromatic heterocycles. The van der Waals surface area contributed by atoms with Crippen molar-refractivity contribution in [3.63, 3.8) is 0 Å². The number of hydrogen-bond donors (Lipinski definition) is 1. The number of hydrogen-bond acceptors (Lipinski definition) is 4. The lowest BCUT2D eigenvalue weighted by Crippen LogP contribution is -2.30.